The first-order chi connectivity index (χ1) is 8.55. The zero-order valence-corrected chi connectivity index (χ0v) is 10.1. The van der Waals surface area contributed by atoms with Gasteiger partial charge in [-0.3, -0.25) is 5.43 Å². The highest BCUT2D eigenvalue weighted by Gasteiger charge is 2.30. The molecule has 1 saturated heterocycles. The molecule has 5 heteroatoms. The Morgan fingerprint density at radius 1 is 1.11 bits per heavy atom. The van der Waals surface area contributed by atoms with E-state index >= 15 is 0 Å². The molecule has 1 aliphatic heterocycles. The molecule has 0 bridgehead atoms. The fourth-order valence-corrected chi connectivity index (χ4v) is 2.11. The first-order valence-corrected chi connectivity index (χ1v) is 6.20. The van der Waals surface area contributed by atoms with Crippen molar-refractivity contribution in [3.8, 4) is 0 Å². The van der Waals surface area contributed by atoms with Crippen molar-refractivity contribution in [3.63, 3.8) is 0 Å². The van der Waals surface area contributed by atoms with E-state index in [1.54, 1.807) is 6.07 Å². The standard InChI is InChI=1S/C13H17F3N2/c14-13(15,16)12-6-4-5-11(9-12)10-17-18-7-2-1-3-8-18/h4-6,9,17H,1-3,7-8,10H2. The van der Waals surface area contributed by atoms with Gasteiger partial charge in [0.25, 0.3) is 0 Å². The summed E-state index contributed by atoms with van der Waals surface area (Å²) in [5, 5.41) is 2.09. The van der Waals surface area contributed by atoms with Crippen LogP contribution in [0.25, 0.3) is 0 Å². The van der Waals surface area contributed by atoms with Crippen molar-refractivity contribution in [3.05, 3.63) is 35.4 Å². The van der Waals surface area contributed by atoms with Crippen molar-refractivity contribution >= 4 is 0 Å². The normalized spacial score (nSPS) is 17.9. The number of benzene rings is 1. The Labute approximate surface area is 105 Å². The van der Waals surface area contributed by atoms with Gasteiger partial charge in [0, 0.05) is 19.6 Å². The quantitative estimate of drug-likeness (QED) is 0.895. The molecular formula is C13H17F3N2. The Hall–Kier alpha value is -1.07. The van der Waals surface area contributed by atoms with E-state index in [4.69, 9.17) is 0 Å². The minimum Gasteiger partial charge on any atom is -0.251 e. The molecule has 2 nitrogen and oxygen atoms in total. The number of nitrogens with one attached hydrogen (secondary N) is 1. The Kier molecular flexibility index (Phi) is 4.24. The van der Waals surface area contributed by atoms with Crippen molar-refractivity contribution in [1.82, 2.24) is 10.4 Å². The maximum absolute atomic E-state index is 12.5. The van der Waals surface area contributed by atoms with Gasteiger partial charge in [0.1, 0.15) is 0 Å². The van der Waals surface area contributed by atoms with Gasteiger partial charge in [0.05, 0.1) is 5.56 Å². The molecule has 0 saturated carbocycles. The predicted molar refractivity (Wildman–Crippen MR) is 63.7 cm³/mol. The van der Waals surface area contributed by atoms with Crippen LogP contribution in [0.4, 0.5) is 13.2 Å². The Morgan fingerprint density at radius 3 is 2.50 bits per heavy atom. The predicted octanol–water partition coefficient (Wildman–Crippen LogP) is 3.20. The van der Waals surface area contributed by atoms with E-state index in [1.165, 1.54) is 18.6 Å². The maximum atomic E-state index is 12.5. The largest absolute Gasteiger partial charge is 0.416 e. The zero-order chi connectivity index (χ0) is 13.0. The number of hydrazine groups is 1. The molecule has 0 aromatic heterocycles. The molecule has 0 spiro atoms. The summed E-state index contributed by atoms with van der Waals surface area (Å²) in [4.78, 5) is 0. The van der Waals surface area contributed by atoms with Crippen LogP contribution in [0.2, 0.25) is 0 Å². The van der Waals surface area contributed by atoms with Gasteiger partial charge >= 0.3 is 6.18 Å². The summed E-state index contributed by atoms with van der Waals surface area (Å²) in [5.74, 6) is 0. The average Bonchev–Trinajstić information content (AvgIpc) is 2.37. The molecule has 100 valence electrons. The lowest BCUT2D eigenvalue weighted by molar-refractivity contribution is -0.137. The fourth-order valence-electron chi connectivity index (χ4n) is 2.11. The van der Waals surface area contributed by atoms with Gasteiger partial charge in [-0.15, -0.1) is 0 Å². The molecule has 1 aromatic carbocycles. The van der Waals surface area contributed by atoms with Crippen LogP contribution in [0.1, 0.15) is 30.4 Å². The summed E-state index contributed by atoms with van der Waals surface area (Å²) >= 11 is 0. The van der Waals surface area contributed by atoms with Crippen molar-refractivity contribution < 1.29 is 13.2 Å². The lowest BCUT2D eigenvalue weighted by atomic mass is 10.1. The van der Waals surface area contributed by atoms with Crippen LogP contribution >= 0.6 is 0 Å². The van der Waals surface area contributed by atoms with Crippen molar-refractivity contribution in [1.29, 1.82) is 0 Å². The molecule has 1 aliphatic rings. The molecule has 0 radical (unpaired) electrons. The number of halogens is 3. The third kappa shape index (κ3) is 3.71. The molecule has 0 amide bonds. The molecule has 0 unspecified atom stereocenters. The number of piperidine rings is 1. The third-order valence-electron chi connectivity index (χ3n) is 3.12. The molecule has 1 N–H and O–H groups in total. The minimum absolute atomic E-state index is 0.448. The minimum atomic E-state index is -4.26. The molecule has 1 heterocycles. The van der Waals surface area contributed by atoms with Crippen LogP contribution in [-0.4, -0.2) is 18.1 Å². The van der Waals surface area contributed by atoms with E-state index in [0.29, 0.717) is 12.1 Å². The molecule has 18 heavy (non-hydrogen) atoms. The molecule has 1 fully saturated rings. The van der Waals surface area contributed by atoms with Crippen molar-refractivity contribution in [2.45, 2.75) is 32.0 Å². The van der Waals surface area contributed by atoms with Gasteiger partial charge < -0.3 is 0 Å². The molecular weight excluding hydrogens is 241 g/mol. The first kappa shape index (κ1) is 13.4. The van der Waals surface area contributed by atoms with Gasteiger partial charge in [-0.1, -0.05) is 24.6 Å². The van der Waals surface area contributed by atoms with Crippen LogP contribution in [0.3, 0.4) is 0 Å². The van der Waals surface area contributed by atoms with E-state index in [0.717, 1.165) is 32.0 Å². The zero-order valence-electron chi connectivity index (χ0n) is 10.1. The topological polar surface area (TPSA) is 15.3 Å². The lowest BCUT2D eigenvalue weighted by Crippen LogP contribution is -2.41. The summed E-state index contributed by atoms with van der Waals surface area (Å²) in [5.41, 5.74) is 3.26. The van der Waals surface area contributed by atoms with Crippen LogP contribution in [-0.2, 0) is 12.7 Å². The van der Waals surface area contributed by atoms with Crippen LogP contribution in [0, 0.1) is 0 Å². The van der Waals surface area contributed by atoms with Crippen molar-refractivity contribution in [2.24, 2.45) is 0 Å². The second kappa shape index (κ2) is 5.71. The van der Waals surface area contributed by atoms with Gasteiger partial charge in [-0.2, -0.15) is 13.2 Å². The van der Waals surface area contributed by atoms with Crippen LogP contribution in [0.5, 0.6) is 0 Å². The number of rotatable bonds is 3. The smallest absolute Gasteiger partial charge is 0.251 e. The summed E-state index contributed by atoms with van der Waals surface area (Å²) in [6.45, 7) is 2.39. The Bertz CT molecular complexity index is 384. The Balaban J connectivity index is 1.92. The second-order valence-electron chi connectivity index (χ2n) is 4.58. The van der Waals surface area contributed by atoms with E-state index < -0.39 is 11.7 Å². The number of alkyl halides is 3. The third-order valence-corrected chi connectivity index (χ3v) is 3.12. The summed E-state index contributed by atoms with van der Waals surface area (Å²) in [6, 6.07) is 5.48. The average molecular weight is 258 g/mol. The molecule has 0 atom stereocenters. The van der Waals surface area contributed by atoms with Crippen LogP contribution < -0.4 is 5.43 Å². The van der Waals surface area contributed by atoms with Gasteiger partial charge in [0.15, 0.2) is 0 Å². The van der Waals surface area contributed by atoms with Gasteiger partial charge in [-0.05, 0) is 24.5 Å². The summed E-state index contributed by atoms with van der Waals surface area (Å²) < 4.78 is 37.6. The second-order valence-corrected chi connectivity index (χ2v) is 4.58. The fraction of sp³-hybridized carbons (Fsp3) is 0.538. The molecule has 2 rings (SSSR count). The van der Waals surface area contributed by atoms with E-state index in [-0.39, 0.29) is 0 Å². The highest BCUT2D eigenvalue weighted by molar-refractivity contribution is 5.25. The summed E-state index contributed by atoms with van der Waals surface area (Å²) in [6.07, 6.45) is -0.728. The monoisotopic (exact) mass is 258 g/mol. The maximum Gasteiger partial charge on any atom is 0.416 e. The Morgan fingerprint density at radius 2 is 1.83 bits per heavy atom. The highest BCUT2D eigenvalue weighted by Crippen LogP contribution is 2.29. The molecule has 1 aromatic rings. The number of hydrogen-bond acceptors (Lipinski definition) is 2. The van der Waals surface area contributed by atoms with E-state index in [9.17, 15) is 13.2 Å². The molecule has 0 aliphatic carbocycles. The SMILES string of the molecule is FC(F)(F)c1cccc(CNN2CCCCC2)c1. The van der Waals surface area contributed by atoms with Gasteiger partial charge in [-0.25, -0.2) is 5.01 Å². The lowest BCUT2D eigenvalue weighted by Gasteiger charge is -2.27. The van der Waals surface area contributed by atoms with E-state index in [2.05, 4.69) is 10.4 Å². The number of hydrogen-bond donors (Lipinski definition) is 1. The van der Waals surface area contributed by atoms with Crippen molar-refractivity contribution in [2.75, 3.05) is 13.1 Å². The number of nitrogens with zero attached hydrogens (tertiary/aromatic N) is 1. The van der Waals surface area contributed by atoms with Gasteiger partial charge in [0.2, 0.25) is 0 Å². The first-order valence-electron chi connectivity index (χ1n) is 6.20. The highest BCUT2D eigenvalue weighted by atomic mass is 19.4. The van der Waals surface area contributed by atoms with E-state index in [1.807, 2.05) is 0 Å². The van der Waals surface area contributed by atoms with Crippen LogP contribution in [0.15, 0.2) is 24.3 Å². The summed E-state index contributed by atoms with van der Waals surface area (Å²) in [7, 11) is 0.